The predicted molar refractivity (Wildman–Crippen MR) is 97.9 cm³/mol. The largest absolute Gasteiger partial charge is 0.497 e. The van der Waals surface area contributed by atoms with Crippen LogP contribution in [0.4, 0.5) is 4.79 Å². The van der Waals surface area contributed by atoms with Gasteiger partial charge in [-0.3, -0.25) is 4.79 Å². The number of amides is 3. The van der Waals surface area contributed by atoms with E-state index < -0.39 is 0 Å². The monoisotopic (exact) mass is 347 g/mol. The van der Waals surface area contributed by atoms with Gasteiger partial charge in [-0.15, -0.1) is 0 Å². The number of urea groups is 1. The van der Waals surface area contributed by atoms with Crippen molar-refractivity contribution in [1.29, 1.82) is 0 Å². The van der Waals surface area contributed by atoms with Gasteiger partial charge in [0.15, 0.2) is 0 Å². The Balaban J connectivity index is 1.76. The number of ether oxygens (including phenoxy) is 1. The Hall–Kier alpha value is -2.24. The van der Waals surface area contributed by atoms with Crippen molar-refractivity contribution in [3.05, 3.63) is 29.8 Å². The quantitative estimate of drug-likeness (QED) is 0.880. The number of nitrogens with zero attached hydrogens (tertiary/aromatic N) is 1. The lowest BCUT2D eigenvalue weighted by Crippen LogP contribution is -2.51. The van der Waals surface area contributed by atoms with Crippen LogP contribution in [0.25, 0.3) is 0 Å². The molecule has 25 heavy (non-hydrogen) atoms. The van der Waals surface area contributed by atoms with E-state index in [0.717, 1.165) is 25.9 Å². The van der Waals surface area contributed by atoms with E-state index in [-0.39, 0.29) is 17.5 Å². The van der Waals surface area contributed by atoms with Gasteiger partial charge in [0.2, 0.25) is 0 Å². The number of methoxy groups -OCH3 is 1. The molecular weight excluding hydrogens is 318 g/mol. The van der Waals surface area contributed by atoms with Crippen LogP contribution in [-0.2, 0) is 0 Å². The number of piperidine rings is 1. The summed E-state index contributed by atoms with van der Waals surface area (Å²) in [5.41, 5.74) is 0.375. The molecule has 1 aliphatic rings. The maximum atomic E-state index is 12.2. The lowest BCUT2D eigenvalue weighted by Gasteiger charge is -2.34. The summed E-state index contributed by atoms with van der Waals surface area (Å²) in [4.78, 5) is 26.3. The Morgan fingerprint density at radius 3 is 2.52 bits per heavy atom. The Bertz CT molecular complexity index is 602. The highest BCUT2D eigenvalue weighted by molar-refractivity contribution is 5.94. The SMILES string of the molecule is COc1cccc(C(=O)NCC2CCN(C(=O)NC(C)(C)C)CC2)c1. The number of likely N-dealkylation sites (tertiary alicyclic amines) is 1. The van der Waals surface area contributed by atoms with E-state index in [1.807, 2.05) is 31.7 Å². The van der Waals surface area contributed by atoms with Crippen molar-refractivity contribution in [2.24, 2.45) is 5.92 Å². The molecule has 0 aliphatic carbocycles. The standard InChI is InChI=1S/C19H29N3O3/c1-19(2,3)21-18(24)22-10-8-14(9-11-22)13-20-17(23)15-6-5-7-16(12-15)25-4/h5-7,12,14H,8-11,13H2,1-4H3,(H,20,23)(H,21,24). The van der Waals surface area contributed by atoms with Gasteiger partial charge in [-0.2, -0.15) is 0 Å². The van der Waals surface area contributed by atoms with Crippen molar-refractivity contribution in [2.75, 3.05) is 26.7 Å². The fourth-order valence-electron chi connectivity index (χ4n) is 2.84. The molecule has 3 amide bonds. The maximum absolute atomic E-state index is 12.2. The van der Waals surface area contributed by atoms with Crippen LogP contribution in [0.2, 0.25) is 0 Å². The van der Waals surface area contributed by atoms with E-state index in [4.69, 9.17) is 4.74 Å². The zero-order valence-electron chi connectivity index (χ0n) is 15.6. The molecule has 1 aromatic rings. The molecule has 2 rings (SSSR count). The summed E-state index contributed by atoms with van der Waals surface area (Å²) in [5.74, 6) is 0.978. The molecule has 0 atom stereocenters. The van der Waals surface area contributed by atoms with E-state index in [2.05, 4.69) is 10.6 Å². The molecule has 0 spiro atoms. The van der Waals surface area contributed by atoms with Gasteiger partial charge in [0.05, 0.1) is 7.11 Å². The molecule has 0 saturated carbocycles. The van der Waals surface area contributed by atoms with Crippen LogP contribution < -0.4 is 15.4 Å². The van der Waals surface area contributed by atoms with Crippen molar-refractivity contribution < 1.29 is 14.3 Å². The molecule has 1 fully saturated rings. The number of benzene rings is 1. The van der Waals surface area contributed by atoms with E-state index in [1.165, 1.54) is 0 Å². The van der Waals surface area contributed by atoms with Gasteiger partial charge in [-0.1, -0.05) is 6.07 Å². The summed E-state index contributed by atoms with van der Waals surface area (Å²) in [6, 6.07) is 7.12. The minimum atomic E-state index is -0.224. The molecule has 0 unspecified atom stereocenters. The van der Waals surface area contributed by atoms with Crippen molar-refractivity contribution in [3.63, 3.8) is 0 Å². The summed E-state index contributed by atoms with van der Waals surface area (Å²) in [5, 5.41) is 5.98. The molecule has 6 heteroatoms. The summed E-state index contributed by atoms with van der Waals surface area (Å²) in [6.45, 7) is 8.01. The first-order chi connectivity index (χ1) is 11.8. The molecule has 1 aliphatic heterocycles. The second kappa shape index (κ2) is 8.23. The first-order valence-corrected chi connectivity index (χ1v) is 8.78. The number of carbonyl (C=O) groups is 2. The number of nitrogens with one attached hydrogen (secondary N) is 2. The van der Waals surface area contributed by atoms with Gasteiger partial charge in [0.25, 0.3) is 5.91 Å². The average molecular weight is 347 g/mol. The van der Waals surface area contributed by atoms with Gasteiger partial charge >= 0.3 is 6.03 Å². The van der Waals surface area contributed by atoms with Crippen LogP contribution in [0.3, 0.4) is 0 Å². The topological polar surface area (TPSA) is 70.7 Å². The molecule has 0 bridgehead atoms. The van der Waals surface area contributed by atoms with Crippen molar-refractivity contribution in [2.45, 2.75) is 39.2 Å². The minimum absolute atomic E-state index is 0.00799. The number of hydrogen-bond donors (Lipinski definition) is 2. The van der Waals surface area contributed by atoms with Gasteiger partial charge in [-0.05, 0) is 57.7 Å². The van der Waals surface area contributed by atoms with Crippen LogP contribution >= 0.6 is 0 Å². The lowest BCUT2D eigenvalue weighted by atomic mass is 9.96. The van der Waals surface area contributed by atoms with E-state index >= 15 is 0 Å². The molecule has 1 saturated heterocycles. The van der Waals surface area contributed by atoms with Crippen LogP contribution in [0.15, 0.2) is 24.3 Å². The number of carbonyl (C=O) groups excluding carboxylic acids is 2. The fraction of sp³-hybridized carbons (Fsp3) is 0.579. The molecule has 2 N–H and O–H groups in total. The van der Waals surface area contributed by atoms with Crippen LogP contribution in [-0.4, -0.2) is 49.1 Å². The van der Waals surface area contributed by atoms with Gasteiger partial charge in [-0.25, -0.2) is 4.79 Å². The number of hydrogen-bond acceptors (Lipinski definition) is 3. The Kier molecular flexibility index (Phi) is 6.28. The highest BCUT2D eigenvalue weighted by Gasteiger charge is 2.25. The Morgan fingerprint density at radius 1 is 1.24 bits per heavy atom. The fourth-order valence-corrected chi connectivity index (χ4v) is 2.84. The summed E-state index contributed by atoms with van der Waals surface area (Å²) in [6.07, 6.45) is 1.80. The van der Waals surface area contributed by atoms with Crippen molar-refractivity contribution in [1.82, 2.24) is 15.5 Å². The summed E-state index contributed by atoms with van der Waals surface area (Å²) in [7, 11) is 1.58. The van der Waals surface area contributed by atoms with Crippen LogP contribution in [0, 0.1) is 5.92 Å². The Morgan fingerprint density at radius 2 is 1.92 bits per heavy atom. The van der Waals surface area contributed by atoms with Crippen LogP contribution in [0.1, 0.15) is 44.0 Å². The third-order valence-electron chi connectivity index (χ3n) is 4.27. The zero-order valence-corrected chi connectivity index (χ0v) is 15.6. The maximum Gasteiger partial charge on any atom is 0.317 e. The number of rotatable bonds is 4. The van der Waals surface area contributed by atoms with E-state index in [0.29, 0.717) is 23.8 Å². The molecule has 1 heterocycles. The summed E-state index contributed by atoms with van der Waals surface area (Å²) < 4.78 is 5.14. The predicted octanol–water partition coefficient (Wildman–Crippen LogP) is 2.65. The smallest absolute Gasteiger partial charge is 0.317 e. The average Bonchev–Trinajstić information content (AvgIpc) is 2.58. The highest BCUT2D eigenvalue weighted by atomic mass is 16.5. The third kappa shape index (κ3) is 5.96. The van der Waals surface area contributed by atoms with Crippen molar-refractivity contribution >= 4 is 11.9 Å². The molecule has 138 valence electrons. The molecular formula is C19H29N3O3. The van der Waals surface area contributed by atoms with Gasteiger partial charge in [0.1, 0.15) is 5.75 Å². The van der Waals surface area contributed by atoms with E-state index in [9.17, 15) is 9.59 Å². The first kappa shape index (κ1) is 19.1. The normalized spacial score (nSPS) is 15.6. The third-order valence-corrected chi connectivity index (χ3v) is 4.27. The molecule has 1 aromatic carbocycles. The van der Waals surface area contributed by atoms with Gasteiger partial charge in [0, 0.05) is 30.7 Å². The first-order valence-electron chi connectivity index (χ1n) is 8.78. The minimum Gasteiger partial charge on any atom is -0.497 e. The summed E-state index contributed by atoms with van der Waals surface area (Å²) >= 11 is 0. The van der Waals surface area contributed by atoms with Crippen molar-refractivity contribution in [3.8, 4) is 5.75 Å². The molecule has 0 aromatic heterocycles. The zero-order chi connectivity index (χ0) is 18.4. The Labute approximate surface area is 149 Å². The van der Waals surface area contributed by atoms with Gasteiger partial charge < -0.3 is 20.3 Å². The second-order valence-electron chi connectivity index (χ2n) is 7.55. The van der Waals surface area contributed by atoms with E-state index in [1.54, 1.807) is 25.3 Å². The van der Waals surface area contributed by atoms with Crippen LogP contribution in [0.5, 0.6) is 5.75 Å². The molecule has 6 nitrogen and oxygen atoms in total. The molecule has 0 radical (unpaired) electrons. The highest BCUT2D eigenvalue weighted by Crippen LogP contribution is 2.18. The lowest BCUT2D eigenvalue weighted by molar-refractivity contribution is 0.0937. The second-order valence-corrected chi connectivity index (χ2v) is 7.55.